The summed E-state index contributed by atoms with van der Waals surface area (Å²) in [6.45, 7) is 14.1. The van der Waals surface area contributed by atoms with Gasteiger partial charge in [0.1, 0.15) is 0 Å². The van der Waals surface area contributed by atoms with Crippen LogP contribution in [0.1, 0.15) is 40.5 Å². The van der Waals surface area contributed by atoms with Gasteiger partial charge in [0.15, 0.2) is 5.96 Å². The highest BCUT2D eigenvalue weighted by Crippen LogP contribution is 2.12. The molecule has 0 atom stereocenters. The molecule has 6 heteroatoms. The van der Waals surface area contributed by atoms with E-state index < -0.39 is 0 Å². The molecule has 0 amide bonds. The minimum Gasteiger partial charge on any atom is -0.380 e. The molecular formula is C15H33IN4O. The molecule has 1 saturated heterocycles. The van der Waals surface area contributed by atoms with Gasteiger partial charge >= 0.3 is 0 Å². The van der Waals surface area contributed by atoms with Crippen molar-refractivity contribution in [3.05, 3.63) is 0 Å². The van der Waals surface area contributed by atoms with E-state index >= 15 is 0 Å². The number of hydrogen-bond acceptors (Lipinski definition) is 3. The smallest absolute Gasteiger partial charge is 0.191 e. The molecule has 0 spiro atoms. The van der Waals surface area contributed by atoms with Gasteiger partial charge in [-0.2, -0.15) is 0 Å². The fraction of sp³-hybridized carbons (Fsp3) is 0.933. The summed E-state index contributed by atoms with van der Waals surface area (Å²) in [7, 11) is 0. The van der Waals surface area contributed by atoms with Crippen molar-refractivity contribution in [3.63, 3.8) is 0 Å². The predicted molar refractivity (Wildman–Crippen MR) is 101 cm³/mol. The first-order valence-electron chi connectivity index (χ1n) is 8.04. The van der Waals surface area contributed by atoms with Gasteiger partial charge in [0, 0.05) is 38.3 Å². The summed E-state index contributed by atoms with van der Waals surface area (Å²) >= 11 is 0. The highest BCUT2D eigenvalue weighted by molar-refractivity contribution is 14.0. The normalized spacial score (nSPS) is 17.7. The van der Waals surface area contributed by atoms with E-state index in [1.165, 1.54) is 25.9 Å². The Balaban J connectivity index is 0.00000400. The van der Waals surface area contributed by atoms with Gasteiger partial charge in [0.2, 0.25) is 0 Å². The largest absolute Gasteiger partial charge is 0.380 e. The lowest BCUT2D eigenvalue weighted by molar-refractivity contribution is 0.155. The SMILES string of the molecule is CCNC(=NCCOCC)NC1CCN(C(C)C)CC1.I. The summed E-state index contributed by atoms with van der Waals surface area (Å²) in [6.07, 6.45) is 2.38. The zero-order chi connectivity index (χ0) is 14.8. The van der Waals surface area contributed by atoms with E-state index in [1.807, 2.05) is 6.92 Å². The van der Waals surface area contributed by atoms with Crippen molar-refractivity contribution in [2.24, 2.45) is 4.99 Å². The van der Waals surface area contributed by atoms with Crippen LogP contribution in [-0.2, 0) is 4.74 Å². The fourth-order valence-electron chi connectivity index (χ4n) is 2.44. The van der Waals surface area contributed by atoms with Crippen molar-refractivity contribution >= 4 is 29.9 Å². The zero-order valence-corrected chi connectivity index (χ0v) is 16.4. The van der Waals surface area contributed by atoms with Crippen LogP contribution in [0.15, 0.2) is 4.99 Å². The number of ether oxygens (including phenoxy) is 1. The van der Waals surface area contributed by atoms with Crippen molar-refractivity contribution < 1.29 is 4.74 Å². The van der Waals surface area contributed by atoms with Gasteiger partial charge in [-0.25, -0.2) is 0 Å². The molecule has 1 aliphatic rings. The summed E-state index contributed by atoms with van der Waals surface area (Å²) in [5.74, 6) is 0.926. The molecule has 5 nitrogen and oxygen atoms in total. The van der Waals surface area contributed by atoms with Crippen molar-refractivity contribution in [1.29, 1.82) is 0 Å². The molecule has 126 valence electrons. The lowest BCUT2D eigenvalue weighted by Crippen LogP contribution is -2.49. The highest BCUT2D eigenvalue weighted by Gasteiger charge is 2.21. The van der Waals surface area contributed by atoms with Crippen LogP contribution in [0.25, 0.3) is 0 Å². The number of piperidine rings is 1. The molecule has 0 radical (unpaired) electrons. The van der Waals surface area contributed by atoms with Crippen LogP contribution in [-0.4, -0.2) is 62.3 Å². The average Bonchev–Trinajstić information content (AvgIpc) is 2.44. The third kappa shape index (κ3) is 8.83. The number of likely N-dealkylation sites (tertiary alicyclic amines) is 1. The minimum absolute atomic E-state index is 0. The minimum atomic E-state index is 0. The third-order valence-corrected chi connectivity index (χ3v) is 3.65. The van der Waals surface area contributed by atoms with Crippen molar-refractivity contribution in [2.45, 2.75) is 52.6 Å². The van der Waals surface area contributed by atoms with Crippen molar-refractivity contribution in [2.75, 3.05) is 39.4 Å². The second kappa shape index (κ2) is 12.5. The number of halogens is 1. The predicted octanol–water partition coefficient (Wildman–Crippen LogP) is 2.07. The molecule has 0 bridgehead atoms. The van der Waals surface area contributed by atoms with Gasteiger partial charge in [-0.3, -0.25) is 4.99 Å². The number of rotatable bonds is 7. The van der Waals surface area contributed by atoms with Crippen LogP contribution in [0.2, 0.25) is 0 Å². The number of guanidine groups is 1. The van der Waals surface area contributed by atoms with E-state index in [2.05, 4.69) is 41.3 Å². The summed E-state index contributed by atoms with van der Waals surface area (Å²) < 4.78 is 5.32. The van der Waals surface area contributed by atoms with Crippen LogP contribution in [0, 0.1) is 0 Å². The number of hydrogen-bond donors (Lipinski definition) is 2. The second-order valence-electron chi connectivity index (χ2n) is 5.51. The second-order valence-corrected chi connectivity index (χ2v) is 5.51. The van der Waals surface area contributed by atoms with E-state index in [0.29, 0.717) is 25.2 Å². The van der Waals surface area contributed by atoms with Gasteiger partial charge < -0.3 is 20.3 Å². The maximum atomic E-state index is 5.32. The Hall–Kier alpha value is -0.0800. The Morgan fingerprint density at radius 3 is 2.48 bits per heavy atom. The van der Waals surface area contributed by atoms with Gasteiger partial charge in [0.25, 0.3) is 0 Å². The Bertz CT molecular complexity index is 279. The van der Waals surface area contributed by atoms with E-state index in [4.69, 9.17) is 4.74 Å². The number of nitrogens with one attached hydrogen (secondary N) is 2. The molecule has 0 aliphatic carbocycles. The van der Waals surface area contributed by atoms with E-state index in [0.717, 1.165) is 19.1 Å². The number of aliphatic imine (C=N–C) groups is 1. The molecule has 0 saturated carbocycles. The van der Waals surface area contributed by atoms with Gasteiger partial charge in [-0.1, -0.05) is 0 Å². The first-order valence-corrected chi connectivity index (χ1v) is 8.04. The standard InChI is InChI=1S/C15H32N4O.HI/c1-5-16-15(17-9-12-20-6-2)18-14-7-10-19(11-8-14)13(3)4;/h13-14H,5-12H2,1-4H3,(H2,16,17,18);1H. The van der Waals surface area contributed by atoms with Crippen LogP contribution < -0.4 is 10.6 Å². The summed E-state index contributed by atoms with van der Waals surface area (Å²) in [5.41, 5.74) is 0. The first-order chi connectivity index (χ1) is 9.67. The molecular weight excluding hydrogens is 379 g/mol. The van der Waals surface area contributed by atoms with E-state index in [-0.39, 0.29) is 24.0 Å². The molecule has 0 aromatic carbocycles. The molecule has 2 N–H and O–H groups in total. The molecule has 21 heavy (non-hydrogen) atoms. The monoisotopic (exact) mass is 412 g/mol. The Kier molecular flexibility index (Phi) is 12.4. The number of nitrogens with zero attached hydrogens (tertiary/aromatic N) is 2. The zero-order valence-electron chi connectivity index (χ0n) is 14.0. The van der Waals surface area contributed by atoms with Crippen LogP contribution >= 0.6 is 24.0 Å². The molecule has 0 unspecified atom stereocenters. The van der Waals surface area contributed by atoms with Gasteiger partial charge in [0.05, 0.1) is 13.2 Å². The van der Waals surface area contributed by atoms with Crippen LogP contribution in [0.3, 0.4) is 0 Å². The van der Waals surface area contributed by atoms with Crippen molar-refractivity contribution in [1.82, 2.24) is 15.5 Å². The van der Waals surface area contributed by atoms with Gasteiger partial charge in [-0.15, -0.1) is 24.0 Å². The first kappa shape index (κ1) is 20.9. The fourth-order valence-corrected chi connectivity index (χ4v) is 2.44. The molecule has 0 aromatic heterocycles. The molecule has 1 heterocycles. The molecule has 1 fully saturated rings. The Morgan fingerprint density at radius 1 is 1.29 bits per heavy atom. The average molecular weight is 412 g/mol. The maximum absolute atomic E-state index is 5.32. The van der Waals surface area contributed by atoms with Crippen molar-refractivity contribution in [3.8, 4) is 0 Å². The topological polar surface area (TPSA) is 48.9 Å². The Morgan fingerprint density at radius 2 is 1.95 bits per heavy atom. The van der Waals surface area contributed by atoms with E-state index in [1.54, 1.807) is 0 Å². The lowest BCUT2D eigenvalue weighted by atomic mass is 10.0. The van der Waals surface area contributed by atoms with E-state index in [9.17, 15) is 0 Å². The summed E-state index contributed by atoms with van der Waals surface area (Å²) in [5, 5.41) is 6.86. The van der Waals surface area contributed by atoms with Gasteiger partial charge in [-0.05, 0) is 40.5 Å². The molecule has 1 rings (SSSR count). The Labute approximate surface area is 147 Å². The highest BCUT2D eigenvalue weighted by atomic mass is 127. The lowest BCUT2D eigenvalue weighted by Gasteiger charge is -2.35. The molecule has 0 aromatic rings. The van der Waals surface area contributed by atoms with Crippen LogP contribution in [0.4, 0.5) is 0 Å². The summed E-state index contributed by atoms with van der Waals surface area (Å²) in [4.78, 5) is 7.09. The quantitative estimate of drug-likeness (QED) is 0.291. The summed E-state index contributed by atoms with van der Waals surface area (Å²) in [6, 6.07) is 1.19. The molecule has 1 aliphatic heterocycles. The maximum Gasteiger partial charge on any atom is 0.191 e. The van der Waals surface area contributed by atoms with Crippen LogP contribution in [0.5, 0.6) is 0 Å². The third-order valence-electron chi connectivity index (χ3n) is 3.65.